The van der Waals surface area contributed by atoms with E-state index in [1.807, 2.05) is 18.2 Å². The first-order chi connectivity index (χ1) is 14.0. The van der Waals surface area contributed by atoms with Crippen LogP contribution in [0.15, 0.2) is 42.6 Å². The van der Waals surface area contributed by atoms with Crippen molar-refractivity contribution in [3.05, 3.63) is 63.1 Å². The average molecular weight is 451 g/mol. The SMILES string of the molecule is COc1ccc(CCNC(=O)Cc2cnc(-c3c(Cl)cccc3Cl)s2)cc1OC. The Morgan fingerprint density at radius 2 is 1.83 bits per heavy atom. The Morgan fingerprint density at radius 1 is 1.10 bits per heavy atom. The van der Waals surface area contributed by atoms with Gasteiger partial charge in [0.2, 0.25) is 5.91 Å². The first kappa shape index (κ1) is 21.4. The van der Waals surface area contributed by atoms with Crippen molar-refractivity contribution in [3.8, 4) is 22.1 Å². The maximum atomic E-state index is 12.3. The third kappa shape index (κ3) is 5.41. The first-order valence-corrected chi connectivity index (χ1v) is 10.5. The van der Waals surface area contributed by atoms with Gasteiger partial charge < -0.3 is 14.8 Å². The zero-order chi connectivity index (χ0) is 20.8. The molecule has 0 fully saturated rings. The number of hydrogen-bond donors (Lipinski definition) is 1. The number of carbonyl (C=O) groups excluding carboxylic acids is 1. The van der Waals surface area contributed by atoms with Crippen LogP contribution in [0.5, 0.6) is 11.5 Å². The van der Waals surface area contributed by atoms with Gasteiger partial charge in [0.25, 0.3) is 0 Å². The molecular formula is C21H20Cl2N2O3S. The molecule has 0 atom stereocenters. The number of benzene rings is 2. The van der Waals surface area contributed by atoms with Crippen LogP contribution < -0.4 is 14.8 Å². The molecule has 5 nitrogen and oxygen atoms in total. The van der Waals surface area contributed by atoms with Crippen LogP contribution in [0.25, 0.3) is 10.6 Å². The number of nitrogens with zero attached hydrogens (tertiary/aromatic N) is 1. The van der Waals surface area contributed by atoms with E-state index < -0.39 is 0 Å². The van der Waals surface area contributed by atoms with Gasteiger partial charge in [-0.05, 0) is 36.2 Å². The summed E-state index contributed by atoms with van der Waals surface area (Å²) in [5.74, 6) is 1.29. The van der Waals surface area contributed by atoms with Gasteiger partial charge >= 0.3 is 0 Å². The number of aromatic nitrogens is 1. The van der Waals surface area contributed by atoms with Crippen LogP contribution in [0.1, 0.15) is 10.4 Å². The average Bonchev–Trinajstić information content (AvgIpc) is 3.15. The highest BCUT2D eigenvalue weighted by Gasteiger charge is 2.14. The maximum Gasteiger partial charge on any atom is 0.225 e. The van der Waals surface area contributed by atoms with E-state index >= 15 is 0 Å². The van der Waals surface area contributed by atoms with Crippen molar-refractivity contribution in [2.75, 3.05) is 20.8 Å². The van der Waals surface area contributed by atoms with Crippen molar-refractivity contribution in [2.45, 2.75) is 12.8 Å². The summed E-state index contributed by atoms with van der Waals surface area (Å²) in [4.78, 5) is 17.5. The normalized spacial score (nSPS) is 10.6. The van der Waals surface area contributed by atoms with E-state index in [0.717, 1.165) is 10.4 Å². The van der Waals surface area contributed by atoms with Crippen LogP contribution in [-0.2, 0) is 17.6 Å². The van der Waals surface area contributed by atoms with Gasteiger partial charge in [-0.2, -0.15) is 0 Å². The fourth-order valence-electron chi connectivity index (χ4n) is 2.81. The molecule has 0 bridgehead atoms. The predicted octanol–water partition coefficient (Wildman–Crippen LogP) is 5.04. The molecule has 3 rings (SSSR count). The molecule has 0 aliphatic carbocycles. The van der Waals surface area contributed by atoms with Gasteiger partial charge in [-0.15, -0.1) is 11.3 Å². The number of ether oxygens (including phenoxy) is 2. The van der Waals surface area contributed by atoms with Crippen molar-refractivity contribution in [3.63, 3.8) is 0 Å². The smallest absolute Gasteiger partial charge is 0.225 e. The molecule has 1 amide bonds. The van der Waals surface area contributed by atoms with Gasteiger partial charge in [0.15, 0.2) is 11.5 Å². The van der Waals surface area contributed by atoms with Crippen LogP contribution in [0.3, 0.4) is 0 Å². The Bertz CT molecular complexity index is 987. The lowest BCUT2D eigenvalue weighted by Gasteiger charge is -2.10. The fourth-order valence-corrected chi connectivity index (χ4v) is 4.48. The Labute approximate surface area is 183 Å². The van der Waals surface area contributed by atoms with E-state index in [2.05, 4.69) is 10.3 Å². The summed E-state index contributed by atoms with van der Waals surface area (Å²) in [6.45, 7) is 0.524. The van der Waals surface area contributed by atoms with Crippen LogP contribution in [0, 0.1) is 0 Å². The third-order valence-electron chi connectivity index (χ3n) is 4.25. The summed E-state index contributed by atoms with van der Waals surface area (Å²) in [5, 5.41) is 4.71. The van der Waals surface area contributed by atoms with Crippen LogP contribution >= 0.6 is 34.5 Å². The van der Waals surface area contributed by atoms with Gasteiger partial charge in [-0.3, -0.25) is 4.79 Å². The molecule has 1 N–H and O–H groups in total. The van der Waals surface area contributed by atoms with Gasteiger partial charge in [0.1, 0.15) is 5.01 Å². The monoisotopic (exact) mass is 450 g/mol. The minimum Gasteiger partial charge on any atom is -0.493 e. The number of nitrogens with one attached hydrogen (secondary N) is 1. The number of methoxy groups -OCH3 is 2. The lowest BCUT2D eigenvalue weighted by molar-refractivity contribution is -0.120. The number of amides is 1. The summed E-state index contributed by atoms with van der Waals surface area (Å²) in [7, 11) is 3.20. The second-order valence-electron chi connectivity index (χ2n) is 6.19. The highest BCUT2D eigenvalue weighted by atomic mass is 35.5. The van der Waals surface area contributed by atoms with E-state index in [4.69, 9.17) is 32.7 Å². The van der Waals surface area contributed by atoms with Gasteiger partial charge in [0, 0.05) is 23.2 Å². The van der Waals surface area contributed by atoms with Crippen molar-refractivity contribution in [2.24, 2.45) is 0 Å². The molecule has 0 spiro atoms. The van der Waals surface area contributed by atoms with Crippen molar-refractivity contribution < 1.29 is 14.3 Å². The number of carbonyl (C=O) groups is 1. The fraction of sp³-hybridized carbons (Fsp3) is 0.238. The Balaban J connectivity index is 1.55. The molecule has 29 heavy (non-hydrogen) atoms. The third-order valence-corrected chi connectivity index (χ3v) is 5.89. The second-order valence-corrected chi connectivity index (χ2v) is 8.12. The summed E-state index contributed by atoms with van der Waals surface area (Å²) in [6, 6.07) is 11.0. The van der Waals surface area contributed by atoms with E-state index in [1.54, 1.807) is 38.6 Å². The lowest BCUT2D eigenvalue weighted by Crippen LogP contribution is -2.26. The number of halogens is 2. The molecule has 0 saturated heterocycles. The molecule has 0 radical (unpaired) electrons. The van der Waals surface area contributed by atoms with E-state index in [1.165, 1.54) is 11.3 Å². The summed E-state index contributed by atoms with van der Waals surface area (Å²) in [5.41, 5.74) is 1.75. The van der Waals surface area contributed by atoms with Crippen molar-refractivity contribution >= 4 is 40.4 Å². The van der Waals surface area contributed by atoms with E-state index in [-0.39, 0.29) is 12.3 Å². The van der Waals surface area contributed by atoms with Crippen LogP contribution in [0.4, 0.5) is 0 Å². The molecule has 1 aromatic heterocycles. The number of rotatable bonds is 8. The first-order valence-electron chi connectivity index (χ1n) is 8.88. The molecule has 3 aromatic rings. The lowest BCUT2D eigenvalue weighted by atomic mass is 10.1. The molecule has 1 heterocycles. The Kier molecular flexibility index (Phi) is 7.36. The van der Waals surface area contributed by atoms with Gasteiger partial charge in [-0.25, -0.2) is 4.98 Å². The topological polar surface area (TPSA) is 60.5 Å². The van der Waals surface area contributed by atoms with Crippen molar-refractivity contribution in [1.82, 2.24) is 10.3 Å². The molecular weight excluding hydrogens is 431 g/mol. The second kappa shape index (κ2) is 9.96. The van der Waals surface area contributed by atoms with E-state index in [0.29, 0.717) is 45.1 Å². The Hall–Kier alpha value is -2.28. The van der Waals surface area contributed by atoms with Crippen molar-refractivity contribution in [1.29, 1.82) is 0 Å². The molecule has 152 valence electrons. The predicted molar refractivity (Wildman–Crippen MR) is 118 cm³/mol. The quantitative estimate of drug-likeness (QED) is 0.522. The van der Waals surface area contributed by atoms with Gasteiger partial charge in [0.05, 0.1) is 30.7 Å². The van der Waals surface area contributed by atoms with Crippen LogP contribution in [-0.4, -0.2) is 31.7 Å². The summed E-state index contributed by atoms with van der Waals surface area (Å²) < 4.78 is 10.5. The zero-order valence-corrected chi connectivity index (χ0v) is 18.3. The highest BCUT2D eigenvalue weighted by Crippen LogP contribution is 2.36. The molecule has 2 aromatic carbocycles. The largest absolute Gasteiger partial charge is 0.493 e. The number of thiazole rings is 1. The summed E-state index contributed by atoms with van der Waals surface area (Å²) in [6.07, 6.45) is 2.63. The molecule has 8 heteroatoms. The highest BCUT2D eigenvalue weighted by molar-refractivity contribution is 7.15. The standard InChI is InChI=1S/C21H20Cl2N2O3S/c1-27-17-7-6-13(10-18(17)28-2)8-9-24-19(26)11-14-12-25-21(29-14)20-15(22)4-3-5-16(20)23/h3-7,10,12H,8-9,11H2,1-2H3,(H,24,26). The minimum absolute atomic E-state index is 0.0640. The summed E-state index contributed by atoms with van der Waals surface area (Å²) >= 11 is 13.9. The molecule has 0 aliphatic heterocycles. The number of hydrogen-bond acceptors (Lipinski definition) is 5. The van der Waals surface area contributed by atoms with Gasteiger partial charge in [-0.1, -0.05) is 35.3 Å². The van der Waals surface area contributed by atoms with E-state index in [9.17, 15) is 4.79 Å². The molecule has 0 unspecified atom stereocenters. The zero-order valence-electron chi connectivity index (χ0n) is 16.0. The maximum absolute atomic E-state index is 12.3. The Morgan fingerprint density at radius 3 is 2.52 bits per heavy atom. The van der Waals surface area contributed by atoms with Crippen LogP contribution in [0.2, 0.25) is 10.0 Å². The molecule has 0 saturated carbocycles. The molecule has 0 aliphatic rings. The minimum atomic E-state index is -0.0640.